The molecule has 90 valence electrons. The zero-order valence-electron chi connectivity index (χ0n) is 9.93. The zero-order chi connectivity index (χ0) is 12.3. The maximum absolute atomic E-state index is 5.49. The molecule has 0 radical (unpaired) electrons. The lowest BCUT2D eigenvalue weighted by atomic mass is 10.1. The van der Waals surface area contributed by atoms with Gasteiger partial charge in [0, 0.05) is 18.5 Å². The van der Waals surface area contributed by atoms with Gasteiger partial charge in [0.2, 0.25) is 11.8 Å². The molecular weight excluding hydrogens is 218 g/mol. The Bertz CT molecular complexity index is 508. The Morgan fingerprint density at radius 1 is 1.35 bits per heavy atom. The van der Waals surface area contributed by atoms with Gasteiger partial charge in [-0.05, 0) is 24.6 Å². The third kappa shape index (κ3) is 2.45. The monoisotopic (exact) mass is 233 g/mol. The Kier molecular flexibility index (Phi) is 3.39. The molecule has 0 unspecified atom stereocenters. The van der Waals surface area contributed by atoms with E-state index in [0.717, 1.165) is 16.9 Å². The predicted octanol–water partition coefficient (Wildman–Crippen LogP) is 1.55. The van der Waals surface area contributed by atoms with E-state index in [0.29, 0.717) is 24.7 Å². The van der Waals surface area contributed by atoms with Crippen LogP contribution >= 0.6 is 0 Å². The summed E-state index contributed by atoms with van der Waals surface area (Å²) in [6.07, 6.45) is 0.593. The number of rotatable bonds is 4. The first-order chi connectivity index (χ1) is 8.24. The van der Waals surface area contributed by atoms with Crippen LogP contribution in [0.1, 0.15) is 11.5 Å². The van der Waals surface area contributed by atoms with E-state index in [1.165, 1.54) is 0 Å². The molecule has 2 N–H and O–H groups in total. The predicted molar refractivity (Wildman–Crippen MR) is 63.8 cm³/mol. The molecule has 1 heterocycles. The summed E-state index contributed by atoms with van der Waals surface area (Å²) >= 11 is 0. The smallest absolute Gasteiger partial charge is 0.247 e. The largest absolute Gasteiger partial charge is 0.496 e. The molecule has 17 heavy (non-hydrogen) atoms. The molecule has 1 aromatic heterocycles. The summed E-state index contributed by atoms with van der Waals surface area (Å²) in [4.78, 5) is 0. The van der Waals surface area contributed by atoms with Crippen molar-refractivity contribution < 1.29 is 9.15 Å². The number of methoxy groups -OCH3 is 1. The summed E-state index contributed by atoms with van der Waals surface area (Å²) in [5.74, 6) is 1.86. The van der Waals surface area contributed by atoms with Gasteiger partial charge in [-0.3, -0.25) is 0 Å². The Morgan fingerprint density at radius 2 is 2.18 bits per heavy atom. The van der Waals surface area contributed by atoms with Crippen molar-refractivity contribution in [2.24, 2.45) is 5.73 Å². The Morgan fingerprint density at radius 3 is 2.88 bits per heavy atom. The van der Waals surface area contributed by atoms with E-state index in [1.807, 2.05) is 25.1 Å². The summed E-state index contributed by atoms with van der Waals surface area (Å²) in [6, 6.07) is 5.77. The molecule has 2 rings (SSSR count). The van der Waals surface area contributed by atoms with E-state index in [9.17, 15) is 0 Å². The summed E-state index contributed by atoms with van der Waals surface area (Å²) in [7, 11) is 1.64. The van der Waals surface area contributed by atoms with Crippen molar-refractivity contribution in [1.82, 2.24) is 10.2 Å². The molecule has 0 saturated carbocycles. The highest BCUT2D eigenvalue weighted by molar-refractivity contribution is 5.57. The highest BCUT2D eigenvalue weighted by Gasteiger charge is 2.09. The molecule has 0 aliphatic heterocycles. The van der Waals surface area contributed by atoms with E-state index in [-0.39, 0.29) is 0 Å². The number of aromatic nitrogens is 2. The highest BCUT2D eigenvalue weighted by Crippen LogP contribution is 2.25. The van der Waals surface area contributed by atoms with E-state index < -0.39 is 0 Å². The van der Waals surface area contributed by atoms with Crippen molar-refractivity contribution in [2.45, 2.75) is 13.3 Å². The van der Waals surface area contributed by atoms with Gasteiger partial charge in [-0.2, -0.15) is 0 Å². The standard InChI is InChI=1S/C12H15N3O2/c1-8-3-4-9(7-10(8)16-2)12-15-14-11(17-12)5-6-13/h3-4,7H,5-6,13H2,1-2H3. The van der Waals surface area contributed by atoms with Crippen molar-refractivity contribution in [3.8, 4) is 17.2 Å². The van der Waals surface area contributed by atoms with Gasteiger partial charge in [0.15, 0.2) is 0 Å². The van der Waals surface area contributed by atoms with Gasteiger partial charge < -0.3 is 14.9 Å². The first-order valence-electron chi connectivity index (χ1n) is 5.42. The van der Waals surface area contributed by atoms with Gasteiger partial charge in [-0.15, -0.1) is 10.2 Å². The number of hydrogen-bond acceptors (Lipinski definition) is 5. The van der Waals surface area contributed by atoms with E-state index in [1.54, 1.807) is 7.11 Å². The third-order valence-corrected chi connectivity index (χ3v) is 2.48. The molecule has 1 aromatic carbocycles. The second-order valence-corrected chi connectivity index (χ2v) is 3.72. The molecule has 0 aliphatic carbocycles. The van der Waals surface area contributed by atoms with Crippen LogP contribution < -0.4 is 10.5 Å². The van der Waals surface area contributed by atoms with Crippen LogP contribution in [0.25, 0.3) is 11.5 Å². The SMILES string of the molecule is COc1cc(-c2nnc(CCN)o2)ccc1C. The van der Waals surface area contributed by atoms with Crippen LogP contribution in [-0.2, 0) is 6.42 Å². The average Bonchev–Trinajstić information content (AvgIpc) is 2.79. The fourth-order valence-electron chi connectivity index (χ4n) is 1.55. The van der Waals surface area contributed by atoms with Crippen LogP contribution in [0, 0.1) is 6.92 Å². The normalized spacial score (nSPS) is 10.5. The van der Waals surface area contributed by atoms with Crippen molar-refractivity contribution in [1.29, 1.82) is 0 Å². The maximum atomic E-state index is 5.49. The quantitative estimate of drug-likeness (QED) is 0.867. The molecule has 2 aromatic rings. The molecule has 0 aliphatic rings. The van der Waals surface area contributed by atoms with Crippen LogP contribution in [0.4, 0.5) is 0 Å². The van der Waals surface area contributed by atoms with E-state index in [2.05, 4.69) is 10.2 Å². The Labute approximate surface area is 99.6 Å². The summed E-state index contributed by atoms with van der Waals surface area (Å²) in [6.45, 7) is 2.48. The van der Waals surface area contributed by atoms with Gasteiger partial charge in [-0.25, -0.2) is 0 Å². The molecule has 0 amide bonds. The number of nitrogens with two attached hydrogens (primary N) is 1. The zero-order valence-corrected chi connectivity index (χ0v) is 9.93. The summed E-state index contributed by atoms with van der Waals surface area (Å²) < 4.78 is 10.7. The summed E-state index contributed by atoms with van der Waals surface area (Å²) in [5, 5.41) is 7.91. The van der Waals surface area contributed by atoms with Crippen LogP contribution in [0.5, 0.6) is 5.75 Å². The molecule has 5 nitrogen and oxygen atoms in total. The molecule has 0 atom stereocenters. The minimum absolute atomic E-state index is 0.492. The number of hydrogen-bond donors (Lipinski definition) is 1. The molecule has 0 bridgehead atoms. The van der Waals surface area contributed by atoms with E-state index in [4.69, 9.17) is 14.9 Å². The fraction of sp³-hybridized carbons (Fsp3) is 0.333. The first kappa shape index (κ1) is 11.6. The highest BCUT2D eigenvalue weighted by atomic mass is 16.5. The number of ether oxygens (including phenoxy) is 1. The second-order valence-electron chi connectivity index (χ2n) is 3.72. The van der Waals surface area contributed by atoms with Crippen LogP contribution in [0.3, 0.4) is 0 Å². The fourth-order valence-corrected chi connectivity index (χ4v) is 1.55. The van der Waals surface area contributed by atoms with Crippen LogP contribution in [-0.4, -0.2) is 23.9 Å². The van der Waals surface area contributed by atoms with Gasteiger partial charge >= 0.3 is 0 Å². The Balaban J connectivity index is 2.32. The van der Waals surface area contributed by atoms with Crippen molar-refractivity contribution in [2.75, 3.05) is 13.7 Å². The number of benzene rings is 1. The van der Waals surface area contributed by atoms with Crippen molar-refractivity contribution in [3.63, 3.8) is 0 Å². The van der Waals surface area contributed by atoms with E-state index >= 15 is 0 Å². The number of aryl methyl sites for hydroxylation is 1. The summed E-state index contributed by atoms with van der Waals surface area (Å²) in [5.41, 5.74) is 7.34. The lowest BCUT2D eigenvalue weighted by Gasteiger charge is -2.04. The maximum Gasteiger partial charge on any atom is 0.247 e. The Hall–Kier alpha value is -1.88. The van der Waals surface area contributed by atoms with Gasteiger partial charge in [0.25, 0.3) is 0 Å². The van der Waals surface area contributed by atoms with Crippen LogP contribution in [0.2, 0.25) is 0 Å². The van der Waals surface area contributed by atoms with Crippen molar-refractivity contribution in [3.05, 3.63) is 29.7 Å². The van der Waals surface area contributed by atoms with Gasteiger partial charge in [-0.1, -0.05) is 6.07 Å². The van der Waals surface area contributed by atoms with Gasteiger partial charge in [0.05, 0.1) is 7.11 Å². The molecular formula is C12H15N3O2. The minimum atomic E-state index is 0.492. The average molecular weight is 233 g/mol. The van der Waals surface area contributed by atoms with Crippen LogP contribution in [0.15, 0.2) is 22.6 Å². The minimum Gasteiger partial charge on any atom is -0.496 e. The molecule has 0 spiro atoms. The van der Waals surface area contributed by atoms with Gasteiger partial charge in [0.1, 0.15) is 5.75 Å². The van der Waals surface area contributed by atoms with Crippen molar-refractivity contribution >= 4 is 0 Å². The molecule has 5 heteroatoms. The topological polar surface area (TPSA) is 74.2 Å². The molecule has 0 fully saturated rings. The second kappa shape index (κ2) is 4.97. The molecule has 0 saturated heterocycles. The first-order valence-corrected chi connectivity index (χ1v) is 5.42. The number of nitrogens with zero attached hydrogens (tertiary/aromatic N) is 2. The lowest BCUT2D eigenvalue weighted by Crippen LogP contribution is -2.02. The third-order valence-electron chi connectivity index (χ3n) is 2.48. The lowest BCUT2D eigenvalue weighted by molar-refractivity contribution is 0.411.